The molecule has 0 aliphatic heterocycles. The first-order valence-corrected chi connectivity index (χ1v) is 5.18. The molecule has 0 aromatic carbocycles. The lowest BCUT2D eigenvalue weighted by atomic mass is 10.2. The highest BCUT2D eigenvalue weighted by atomic mass is 16.6. The number of esters is 1. The van der Waals surface area contributed by atoms with E-state index in [2.05, 4.69) is 13.2 Å². The molecule has 0 unspecified atom stereocenters. The van der Waals surface area contributed by atoms with Crippen molar-refractivity contribution in [2.75, 3.05) is 6.61 Å². The van der Waals surface area contributed by atoms with Crippen LogP contribution in [0.1, 0.15) is 27.7 Å². The van der Waals surface area contributed by atoms with Crippen molar-refractivity contribution in [3.8, 4) is 0 Å². The van der Waals surface area contributed by atoms with E-state index >= 15 is 0 Å². The van der Waals surface area contributed by atoms with Gasteiger partial charge < -0.3 is 9.47 Å². The Bertz CT molecular complexity index is 306. The first-order valence-electron chi connectivity index (χ1n) is 5.18. The van der Waals surface area contributed by atoms with Crippen LogP contribution in [0.4, 0.5) is 0 Å². The van der Waals surface area contributed by atoms with Gasteiger partial charge in [-0.05, 0) is 39.8 Å². The van der Waals surface area contributed by atoms with Gasteiger partial charge in [-0.1, -0.05) is 13.2 Å². The SMILES string of the molecule is C=C(/C=C\C(=C)C(=O)OC(C)(C)C)OCC. The standard InChI is InChI=1S/C13H20O3/c1-7-15-11(3)9-8-10(2)12(14)16-13(4,5)6/h8-9H,2-3,7H2,1,4-6H3/b9-8-. The topological polar surface area (TPSA) is 35.5 Å². The molecule has 0 saturated heterocycles. The Kier molecular flexibility index (Phi) is 5.57. The Balaban J connectivity index is 4.26. The second kappa shape index (κ2) is 6.16. The number of allylic oxidation sites excluding steroid dienone is 1. The van der Waals surface area contributed by atoms with Crippen LogP contribution in [0.2, 0.25) is 0 Å². The average Bonchev–Trinajstić information content (AvgIpc) is 2.11. The van der Waals surface area contributed by atoms with E-state index in [1.165, 1.54) is 6.08 Å². The third kappa shape index (κ3) is 6.87. The van der Waals surface area contributed by atoms with Crippen molar-refractivity contribution in [1.82, 2.24) is 0 Å². The molecule has 90 valence electrons. The lowest BCUT2D eigenvalue weighted by molar-refractivity contribution is -0.149. The quantitative estimate of drug-likeness (QED) is 0.312. The summed E-state index contributed by atoms with van der Waals surface area (Å²) in [5.74, 6) is 0.0558. The summed E-state index contributed by atoms with van der Waals surface area (Å²) in [6.45, 7) is 15.1. The van der Waals surface area contributed by atoms with Crippen LogP contribution in [0.5, 0.6) is 0 Å². The maximum absolute atomic E-state index is 11.5. The second-order valence-electron chi connectivity index (χ2n) is 4.26. The smallest absolute Gasteiger partial charge is 0.338 e. The van der Waals surface area contributed by atoms with Gasteiger partial charge in [0.2, 0.25) is 0 Å². The molecule has 3 nitrogen and oxygen atoms in total. The highest BCUT2D eigenvalue weighted by Gasteiger charge is 2.17. The van der Waals surface area contributed by atoms with Crippen LogP contribution in [-0.2, 0) is 14.3 Å². The van der Waals surface area contributed by atoms with Gasteiger partial charge in [0.25, 0.3) is 0 Å². The van der Waals surface area contributed by atoms with Gasteiger partial charge in [-0.25, -0.2) is 4.79 Å². The van der Waals surface area contributed by atoms with Gasteiger partial charge >= 0.3 is 5.97 Å². The fraction of sp³-hybridized carbons (Fsp3) is 0.462. The zero-order valence-corrected chi connectivity index (χ0v) is 10.5. The van der Waals surface area contributed by atoms with Crippen LogP contribution >= 0.6 is 0 Å². The van der Waals surface area contributed by atoms with Crippen molar-refractivity contribution < 1.29 is 14.3 Å². The van der Waals surface area contributed by atoms with Gasteiger partial charge in [0, 0.05) is 0 Å². The zero-order valence-electron chi connectivity index (χ0n) is 10.5. The molecule has 0 aromatic rings. The van der Waals surface area contributed by atoms with Gasteiger partial charge in [-0.15, -0.1) is 0 Å². The van der Waals surface area contributed by atoms with E-state index in [1.54, 1.807) is 26.8 Å². The Hall–Kier alpha value is -1.51. The molecule has 16 heavy (non-hydrogen) atoms. The Morgan fingerprint density at radius 1 is 1.25 bits per heavy atom. The van der Waals surface area contributed by atoms with E-state index in [1.807, 2.05) is 6.92 Å². The fourth-order valence-corrected chi connectivity index (χ4v) is 0.839. The number of ether oxygens (including phenoxy) is 2. The molecule has 0 heterocycles. The minimum atomic E-state index is -0.509. The van der Waals surface area contributed by atoms with Crippen LogP contribution in [-0.4, -0.2) is 18.2 Å². The van der Waals surface area contributed by atoms with Crippen LogP contribution in [0.15, 0.2) is 36.6 Å². The summed E-state index contributed by atoms with van der Waals surface area (Å²) in [6, 6.07) is 0. The van der Waals surface area contributed by atoms with Crippen molar-refractivity contribution in [1.29, 1.82) is 0 Å². The molecule has 0 spiro atoms. The Morgan fingerprint density at radius 3 is 2.25 bits per heavy atom. The lowest BCUT2D eigenvalue weighted by Crippen LogP contribution is -2.24. The predicted molar refractivity (Wildman–Crippen MR) is 64.9 cm³/mol. The minimum Gasteiger partial charge on any atom is -0.495 e. The highest BCUT2D eigenvalue weighted by molar-refractivity contribution is 5.91. The van der Waals surface area contributed by atoms with E-state index < -0.39 is 11.6 Å². The summed E-state index contributed by atoms with van der Waals surface area (Å²) in [4.78, 5) is 11.5. The van der Waals surface area contributed by atoms with Crippen molar-refractivity contribution >= 4 is 5.97 Å². The van der Waals surface area contributed by atoms with Gasteiger partial charge in [-0.2, -0.15) is 0 Å². The number of carbonyl (C=O) groups is 1. The first kappa shape index (κ1) is 14.5. The Morgan fingerprint density at radius 2 is 1.81 bits per heavy atom. The molecule has 0 aliphatic carbocycles. The molecule has 0 saturated carbocycles. The number of hydrogen-bond acceptors (Lipinski definition) is 3. The van der Waals surface area contributed by atoms with Crippen molar-refractivity contribution in [2.24, 2.45) is 0 Å². The molecular weight excluding hydrogens is 204 g/mol. The largest absolute Gasteiger partial charge is 0.495 e. The molecule has 0 atom stereocenters. The third-order valence-electron chi connectivity index (χ3n) is 1.46. The lowest BCUT2D eigenvalue weighted by Gasteiger charge is -2.19. The van der Waals surface area contributed by atoms with E-state index in [0.717, 1.165) is 0 Å². The van der Waals surface area contributed by atoms with Crippen LogP contribution in [0.25, 0.3) is 0 Å². The predicted octanol–water partition coefficient (Wildman–Crippen LogP) is 2.99. The van der Waals surface area contributed by atoms with Crippen LogP contribution in [0.3, 0.4) is 0 Å². The first-order chi connectivity index (χ1) is 7.26. The van der Waals surface area contributed by atoms with E-state index in [9.17, 15) is 4.79 Å². The number of carbonyl (C=O) groups excluding carboxylic acids is 1. The van der Waals surface area contributed by atoms with Gasteiger partial charge in [0.1, 0.15) is 11.4 Å². The summed E-state index contributed by atoms with van der Waals surface area (Å²) in [6.07, 6.45) is 3.13. The van der Waals surface area contributed by atoms with Crippen molar-refractivity contribution in [3.05, 3.63) is 36.6 Å². The normalized spacial score (nSPS) is 11.2. The summed E-state index contributed by atoms with van der Waals surface area (Å²) in [5, 5.41) is 0. The molecule has 0 fully saturated rings. The summed E-state index contributed by atoms with van der Waals surface area (Å²) < 4.78 is 10.2. The molecule has 3 heteroatoms. The zero-order chi connectivity index (χ0) is 12.8. The summed E-state index contributed by atoms with van der Waals surface area (Å²) in [7, 11) is 0. The van der Waals surface area contributed by atoms with E-state index in [4.69, 9.17) is 9.47 Å². The van der Waals surface area contributed by atoms with Gasteiger partial charge in [-0.3, -0.25) is 0 Å². The maximum Gasteiger partial charge on any atom is 0.338 e. The van der Waals surface area contributed by atoms with Gasteiger partial charge in [0.05, 0.1) is 12.2 Å². The van der Waals surface area contributed by atoms with E-state index in [-0.39, 0.29) is 5.57 Å². The van der Waals surface area contributed by atoms with Crippen molar-refractivity contribution in [2.45, 2.75) is 33.3 Å². The molecule has 0 bridgehead atoms. The monoisotopic (exact) mass is 224 g/mol. The summed E-state index contributed by atoms with van der Waals surface area (Å²) in [5.41, 5.74) is -0.235. The molecule has 0 rings (SSSR count). The molecule has 0 amide bonds. The molecule has 0 radical (unpaired) electrons. The molecule has 0 aromatic heterocycles. The summed E-state index contributed by atoms with van der Waals surface area (Å²) >= 11 is 0. The fourth-order valence-electron chi connectivity index (χ4n) is 0.839. The molecule has 0 N–H and O–H groups in total. The molecular formula is C13H20O3. The molecule has 0 aliphatic rings. The third-order valence-corrected chi connectivity index (χ3v) is 1.46. The van der Waals surface area contributed by atoms with Crippen molar-refractivity contribution in [3.63, 3.8) is 0 Å². The van der Waals surface area contributed by atoms with E-state index in [0.29, 0.717) is 12.4 Å². The minimum absolute atomic E-state index is 0.274. The number of hydrogen-bond donors (Lipinski definition) is 0. The van der Waals surface area contributed by atoms with Crippen LogP contribution in [0, 0.1) is 0 Å². The maximum atomic E-state index is 11.5. The van der Waals surface area contributed by atoms with Gasteiger partial charge in [0.15, 0.2) is 0 Å². The number of rotatable bonds is 5. The Labute approximate surface area is 97.4 Å². The van der Waals surface area contributed by atoms with Crippen LogP contribution < -0.4 is 0 Å². The average molecular weight is 224 g/mol. The second-order valence-corrected chi connectivity index (χ2v) is 4.26. The highest BCUT2D eigenvalue weighted by Crippen LogP contribution is 2.11.